The Labute approximate surface area is 184 Å². The second kappa shape index (κ2) is 9.08. The fraction of sp³-hybridized carbons (Fsp3) is 0.292. The van der Waals surface area contributed by atoms with Gasteiger partial charge in [-0.3, -0.25) is 4.90 Å². The minimum Gasteiger partial charge on any atom is -0.494 e. The fourth-order valence-corrected chi connectivity index (χ4v) is 4.77. The number of thiophene rings is 1. The molecule has 1 fully saturated rings. The van der Waals surface area contributed by atoms with E-state index in [1.807, 2.05) is 47.8 Å². The van der Waals surface area contributed by atoms with Gasteiger partial charge in [-0.2, -0.15) is 0 Å². The quantitative estimate of drug-likeness (QED) is 0.368. The lowest BCUT2D eigenvalue weighted by atomic mass is 10.1. The summed E-state index contributed by atoms with van der Waals surface area (Å²) in [6.07, 6.45) is 0.972. The maximum atomic E-state index is 13.1. The number of nitrogens with zero attached hydrogens (tertiary/aromatic N) is 3. The Bertz CT molecular complexity index is 1130. The van der Waals surface area contributed by atoms with E-state index in [4.69, 9.17) is 9.26 Å². The first kappa shape index (κ1) is 20.0. The predicted octanol–water partition coefficient (Wildman–Crippen LogP) is 5.29. The van der Waals surface area contributed by atoms with Crippen molar-refractivity contribution in [2.24, 2.45) is 0 Å². The van der Waals surface area contributed by atoms with Crippen LogP contribution in [-0.4, -0.2) is 49.4 Å². The zero-order chi connectivity index (χ0) is 21.0. The van der Waals surface area contributed by atoms with Gasteiger partial charge < -0.3 is 14.2 Å². The maximum Gasteiger partial charge on any atom is 0.178 e. The van der Waals surface area contributed by atoms with Gasteiger partial charge >= 0.3 is 0 Å². The zero-order valence-corrected chi connectivity index (χ0v) is 18.0. The number of hydrogen-bond donors (Lipinski definition) is 0. The van der Waals surface area contributed by atoms with Crippen LogP contribution in [0.5, 0.6) is 5.75 Å². The fourth-order valence-electron chi connectivity index (χ4n) is 3.96. The van der Waals surface area contributed by atoms with E-state index in [0.29, 0.717) is 6.61 Å². The Kier molecular flexibility index (Phi) is 5.86. The number of ether oxygens (including phenoxy) is 1. The molecule has 3 heterocycles. The van der Waals surface area contributed by atoms with E-state index >= 15 is 0 Å². The summed E-state index contributed by atoms with van der Waals surface area (Å²) >= 11 is 1.64. The summed E-state index contributed by atoms with van der Waals surface area (Å²) < 4.78 is 25.6. The van der Waals surface area contributed by atoms with Gasteiger partial charge in [0.05, 0.1) is 6.61 Å². The molecule has 0 spiro atoms. The van der Waals surface area contributed by atoms with Crippen molar-refractivity contribution in [3.05, 3.63) is 65.8 Å². The summed E-state index contributed by atoms with van der Waals surface area (Å²) in [4.78, 5) is 4.77. The van der Waals surface area contributed by atoms with Crippen LogP contribution in [0.25, 0.3) is 21.5 Å². The average molecular weight is 438 g/mol. The van der Waals surface area contributed by atoms with E-state index in [1.54, 1.807) is 11.3 Å². The molecule has 0 aliphatic carbocycles. The normalized spacial score (nSPS) is 14.9. The van der Waals surface area contributed by atoms with Crippen molar-refractivity contribution in [2.75, 3.05) is 44.2 Å². The lowest BCUT2D eigenvalue weighted by Gasteiger charge is -2.36. The molecule has 0 saturated carbocycles. The topological polar surface area (TPSA) is 41.7 Å². The molecule has 7 heteroatoms. The van der Waals surface area contributed by atoms with Gasteiger partial charge in [0, 0.05) is 44.0 Å². The molecule has 31 heavy (non-hydrogen) atoms. The van der Waals surface area contributed by atoms with E-state index in [1.165, 1.54) is 12.1 Å². The molecule has 4 aromatic rings. The standard InChI is InChI=1S/C24H24FN3O2S/c25-19-5-7-20(8-6-19)28-13-11-27(12-14-28)10-2-15-29-21-4-1-3-18(17-21)23-24-22(30-26-23)9-16-31-24/h1,3-9,16-17H,2,10-15H2. The minimum absolute atomic E-state index is 0.186. The highest BCUT2D eigenvalue weighted by molar-refractivity contribution is 7.17. The molecule has 1 aliphatic rings. The molecule has 0 bridgehead atoms. The van der Waals surface area contributed by atoms with E-state index in [2.05, 4.69) is 15.0 Å². The molecule has 160 valence electrons. The van der Waals surface area contributed by atoms with Crippen LogP contribution in [-0.2, 0) is 0 Å². The Hall–Kier alpha value is -2.90. The minimum atomic E-state index is -0.186. The molecular weight excluding hydrogens is 413 g/mol. The SMILES string of the molecule is Fc1ccc(N2CCN(CCCOc3cccc(-c4noc5ccsc45)c3)CC2)cc1. The number of benzene rings is 2. The highest BCUT2D eigenvalue weighted by Gasteiger charge is 2.17. The van der Waals surface area contributed by atoms with Gasteiger partial charge in [-0.15, -0.1) is 11.3 Å². The Morgan fingerprint density at radius 3 is 2.71 bits per heavy atom. The third-order valence-electron chi connectivity index (χ3n) is 5.64. The van der Waals surface area contributed by atoms with Crippen molar-refractivity contribution in [1.82, 2.24) is 10.1 Å². The van der Waals surface area contributed by atoms with Gasteiger partial charge in [-0.05, 0) is 54.3 Å². The number of rotatable bonds is 7. The summed E-state index contributed by atoms with van der Waals surface area (Å²) in [6.45, 7) is 5.63. The summed E-state index contributed by atoms with van der Waals surface area (Å²) in [7, 11) is 0. The van der Waals surface area contributed by atoms with Crippen LogP contribution in [0.15, 0.2) is 64.5 Å². The summed E-state index contributed by atoms with van der Waals surface area (Å²) in [5, 5.41) is 6.22. The van der Waals surface area contributed by atoms with Crippen molar-refractivity contribution in [2.45, 2.75) is 6.42 Å². The molecule has 0 unspecified atom stereocenters. The van der Waals surface area contributed by atoms with Gasteiger partial charge in [0.1, 0.15) is 22.0 Å². The highest BCUT2D eigenvalue weighted by Crippen LogP contribution is 2.33. The predicted molar refractivity (Wildman–Crippen MR) is 122 cm³/mol. The molecule has 5 nitrogen and oxygen atoms in total. The number of piperazine rings is 1. The van der Waals surface area contributed by atoms with Crippen molar-refractivity contribution in [1.29, 1.82) is 0 Å². The van der Waals surface area contributed by atoms with Crippen molar-refractivity contribution < 1.29 is 13.7 Å². The number of anilines is 1. The van der Waals surface area contributed by atoms with E-state index in [9.17, 15) is 4.39 Å². The lowest BCUT2D eigenvalue weighted by molar-refractivity contribution is 0.225. The summed E-state index contributed by atoms with van der Waals surface area (Å²) in [6, 6.07) is 16.7. The molecule has 0 atom stereocenters. The largest absolute Gasteiger partial charge is 0.494 e. The molecule has 2 aromatic carbocycles. The summed E-state index contributed by atoms with van der Waals surface area (Å²) in [5.41, 5.74) is 3.80. The van der Waals surface area contributed by atoms with Gasteiger partial charge in [0.15, 0.2) is 5.58 Å². The molecule has 1 saturated heterocycles. The first-order valence-electron chi connectivity index (χ1n) is 10.6. The van der Waals surface area contributed by atoms with Crippen LogP contribution in [0.2, 0.25) is 0 Å². The monoisotopic (exact) mass is 437 g/mol. The number of fused-ring (bicyclic) bond motifs is 1. The van der Waals surface area contributed by atoms with Gasteiger partial charge in [0.2, 0.25) is 0 Å². The average Bonchev–Trinajstić information content (AvgIpc) is 3.42. The molecule has 5 rings (SSSR count). The van der Waals surface area contributed by atoms with Gasteiger partial charge in [-0.25, -0.2) is 4.39 Å². The lowest BCUT2D eigenvalue weighted by Crippen LogP contribution is -2.46. The molecule has 2 aromatic heterocycles. The first-order valence-corrected chi connectivity index (χ1v) is 11.4. The second-order valence-electron chi connectivity index (χ2n) is 7.68. The number of halogens is 1. The Balaban J connectivity index is 1.08. The number of aromatic nitrogens is 1. The first-order chi connectivity index (χ1) is 15.3. The highest BCUT2D eigenvalue weighted by atomic mass is 32.1. The van der Waals surface area contributed by atoms with Crippen LogP contribution in [0.1, 0.15) is 6.42 Å². The van der Waals surface area contributed by atoms with E-state index < -0.39 is 0 Å². The van der Waals surface area contributed by atoms with Crippen LogP contribution in [0.4, 0.5) is 10.1 Å². The molecule has 0 amide bonds. The van der Waals surface area contributed by atoms with Gasteiger partial charge in [0.25, 0.3) is 0 Å². The van der Waals surface area contributed by atoms with Crippen LogP contribution < -0.4 is 9.64 Å². The number of hydrogen-bond acceptors (Lipinski definition) is 6. The van der Waals surface area contributed by atoms with Gasteiger partial charge in [-0.1, -0.05) is 17.3 Å². The van der Waals surface area contributed by atoms with Crippen LogP contribution >= 0.6 is 11.3 Å². The zero-order valence-electron chi connectivity index (χ0n) is 17.2. The summed E-state index contributed by atoms with van der Waals surface area (Å²) in [5.74, 6) is 0.667. The van der Waals surface area contributed by atoms with E-state index in [-0.39, 0.29) is 5.82 Å². The smallest absolute Gasteiger partial charge is 0.178 e. The maximum absolute atomic E-state index is 13.1. The Morgan fingerprint density at radius 1 is 1.03 bits per heavy atom. The third kappa shape index (κ3) is 4.57. The van der Waals surface area contributed by atoms with Crippen LogP contribution in [0.3, 0.4) is 0 Å². The molecule has 1 aliphatic heterocycles. The van der Waals surface area contributed by atoms with Crippen molar-refractivity contribution in [3.8, 4) is 17.0 Å². The van der Waals surface area contributed by atoms with E-state index in [0.717, 1.165) is 72.1 Å². The molecular formula is C24H24FN3O2S. The van der Waals surface area contributed by atoms with Crippen molar-refractivity contribution >= 4 is 27.3 Å². The Morgan fingerprint density at radius 2 is 1.87 bits per heavy atom. The molecule has 0 radical (unpaired) electrons. The second-order valence-corrected chi connectivity index (χ2v) is 8.60. The van der Waals surface area contributed by atoms with Crippen LogP contribution in [0, 0.1) is 5.82 Å². The van der Waals surface area contributed by atoms with Crippen molar-refractivity contribution in [3.63, 3.8) is 0 Å². The third-order valence-corrected chi connectivity index (χ3v) is 6.54. The molecule has 0 N–H and O–H groups in total.